The Morgan fingerprint density at radius 3 is 2.38 bits per heavy atom. The molecular weight excluding hydrogens is 260 g/mol. The standard InChI is InChI=1S/C18H28N2O/c1-14-9-11-18(13-19,12-10-14)20-16(21)17(2,3)15-7-5-4-6-8-15/h4-8,14H,9-13,19H2,1-3H3,(H,20,21). The Hall–Kier alpha value is -1.35. The Kier molecular flexibility index (Phi) is 4.72. The van der Waals surface area contributed by atoms with Gasteiger partial charge in [0.25, 0.3) is 0 Å². The minimum absolute atomic E-state index is 0.0775. The highest BCUT2D eigenvalue weighted by molar-refractivity contribution is 5.88. The lowest BCUT2D eigenvalue weighted by atomic mass is 9.75. The van der Waals surface area contributed by atoms with Crippen LogP contribution in [0, 0.1) is 5.92 Å². The molecule has 0 atom stereocenters. The first-order chi connectivity index (χ1) is 9.89. The molecule has 1 aliphatic carbocycles. The van der Waals surface area contributed by atoms with E-state index in [2.05, 4.69) is 12.2 Å². The van der Waals surface area contributed by atoms with Crippen molar-refractivity contribution in [2.24, 2.45) is 11.7 Å². The summed E-state index contributed by atoms with van der Waals surface area (Å²) in [4.78, 5) is 12.8. The number of rotatable bonds is 4. The van der Waals surface area contributed by atoms with E-state index < -0.39 is 5.41 Å². The largest absolute Gasteiger partial charge is 0.349 e. The van der Waals surface area contributed by atoms with Crippen LogP contribution in [0.3, 0.4) is 0 Å². The molecule has 3 N–H and O–H groups in total. The van der Waals surface area contributed by atoms with Crippen LogP contribution in [0.4, 0.5) is 0 Å². The molecule has 2 rings (SSSR count). The predicted molar refractivity (Wildman–Crippen MR) is 87.0 cm³/mol. The van der Waals surface area contributed by atoms with Gasteiger partial charge in [-0.1, -0.05) is 37.3 Å². The number of carbonyl (C=O) groups is 1. The van der Waals surface area contributed by atoms with Gasteiger partial charge in [-0.15, -0.1) is 0 Å². The number of carbonyl (C=O) groups excluding carboxylic acids is 1. The average molecular weight is 288 g/mol. The van der Waals surface area contributed by atoms with Crippen LogP contribution in [0.25, 0.3) is 0 Å². The normalized spacial score (nSPS) is 26.4. The number of hydrogen-bond donors (Lipinski definition) is 2. The van der Waals surface area contributed by atoms with Crippen LogP contribution in [-0.4, -0.2) is 18.0 Å². The van der Waals surface area contributed by atoms with Crippen LogP contribution in [0.5, 0.6) is 0 Å². The van der Waals surface area contributed by atoms with E-state index in [1.807, 2.05) is 44.2 Å². The second-order valence-corrected chi connectivity index (χ2v) is 7.11. The Labute approximate surface area is 128 Å². The van der Waals surface area contributed by atoms with E-state index in [4.69, 9.17) is 5.73 Å². The maximum absolute atomic E-state index is 12.8. The maximum atomic E-state index is 12.8. The van der Waals surface area contributed by atoms with E-state index >= 15 is 0 Å². The quantitative estimate of drug-likeness (QED) is 0.895. The first-order valence-electron chi connectivity index (χ1n) is 7.98. The van der Waals surface area contributed by atoms with Crippen LogP contribution >= 0.6 is 0 Å². The number of amides is 1. The minimum Gasteiger partial charge on any atom is -0.349 e. The molecule has 116 valence electrons. The molecule has 1 saturated carbocycles. The lowest BCUT2D eigenvalue weighted by molar-refractivity contribution is -0.128. The SMILES string of the molecule is CC1CCC(CN)(NC(=O)C(C)(C)c2ccccc2)CC1. The molecule has 0 unspecified atom stereocenters. The van der Waals surface area contributed by atoms with E-state index in [1.54, 1.807) is 0 Å². The Morgan fingerprint density at radius 2 is 1.86 bits per heavy atom. The summed E-state index contributed by atoms with van der Waals surface area (Å²) >= 11 is 0. The molecule has 0 radical (unpaired) electrons. The highest BCUT2D eigenvalue weighted by atomic mass is 16.2. The summed E-state index contributed by atoms with van der Waals surface area (Å²) in [7, 11) is 0. The van der Waals surface area contributed by atoms with Crippen molar-refractivity contribution < 1.29 is 4.79 Å². The Morgan fingerprint density at radius 1 is 1.29 bits per heavy atom. The zero-order valence-electron chi connectivity index (χ0n) is 13.5. The first kappa shape index (κ1) is 16.0. The van der Waals surface area contributed by atoms with Crippen molar-refractivity contribution >= 4 is 5.91 Å². The summed E-state index contributed by atoms with van der Waals surface area (Å²) in [6.45, 7) is 6.76. The van der Waals surface area contributed by atoms with E-state index in [9.17, 15) is 4.79 Å². The fourth-order valence-corrected chi connectivity index (χ4v) is 3.08. The smallest absolute Gasteiger partial charge is 0.230 e. The molecule has 21 heavy (non-hydrogen) atoms. The lowest BCUT2D eigenvalue weighted by Crippen LogP contribution is -2.58. The molecule has 0 aliphatic heterocycles. The molecule has 1 amide bonds. The Balaban J connectivity index is 2.12. The maximum Gasteiger partial charge on any atom is 0.230 e. The number of nitrogens with one attached hydrogen (secondary N) is 1. The van der Waals surface area contributed by atoms with Crippen molar-refractivity contribution in [3.8, 4) is 0 Å². The third-order valence-electron chi connectivity index (χ3n) is 5.06. The summed E-state index contributed by atoms with van der Waals surface area (Å²) in [5, 5.41) is 3.28. The molecule has 0 saturated heterocycles. The summed E-state index contributed by atoms with van der Waals surface area (Å²) in [5.74, 6) is 0.817. The minimum atomic E-state index is -0.535. The van der Waals surface area contributed by atoms with Gasteiger partial charge in [0.1, 0.15) is 0 Å². The van der Waals surface area contributed by atoms with Gasteiger partial charge < -0.3 is 11.1 Å². The molecule has 0 heterocycles. The van der Waals surface area contributed by atoms with E-state index in [-0.39, 0.29) is 11.4 Å². The van der Waals surface area contributed by atoms with Gasteiger partial charge in [-0.2, -0.15) is 0 Å². The molecule has 1 aromatic carbocycles. The zero-order valence-corrected chi connectivity index (χ0v) is 13.5. The van der Waals surface area contributed by atoms with E-state index in [0.29, 0.717) is 6.54 Å². The van der Waals surface area contributed by atoms with Crippen LogP contribution in [-0.2, 0) is 10.2 Å². The third-order valence-corrected chi connectivity index (χ3v) is 5.06. The molecule has 3 heteroatoms. The monoisotopic (exact) mass is 288 g/mol. The molecule has 1 aliphatic rings. The van der Waals surface area contributed by atoms with Crippen molar-refractivity contribution in [2.45, 2.75) is 57.4 Å². The topological polar surface area (TPSA) is 55.1 Å². The van der Waals surface area contributed by atoms with Crippen LogP contribution in [0.2, 0.25) is 0 Å². The van der Waals surface area contributed by atoms with Crippen molar-refractivity contribution in [1.82, 2.24) is 5.32 Å². The van der Waals surface area contributed by atoms with Crippen LogP contribution in [0.15, 0.2) is 30.3 Å². The van der Waals surface area contributed by atoms with Gasteiger partial charge in [-0.3, -0.25) is 4.79 Å². The highest BCUT2D eigenvalue weighted by Gasteiger charge is 2.39. The summed E-state index contributed by atoms with van der Waals surface area (Å²) in [6, 6.07) is 9.95. The third kappa shape index (κ3) is 3.46. The zero-order chi connectivity index (χ0) is 15.5. The number of nitrogens with two attached hydrogens (primary N) is 1. The van der Waals surface area contributed by atoms with Gasteiger partial charge in [0.05, 0.1) is 11.0 Å². The van der Waals surface area contributed by atoms with Crippen molar-refractivity contribution in [3.63, 3.8) is 0 Å². The molecule has 1 fully saturated rings. The number of hydrogen-bond acceptors (Lipinski definition) is 2. The fraction of sp³-hybridized carbons (Fsp3) is 0.611. The number of benzene rings is 1. The van der Waals surface area contributed by atoms with Gasteiger partial charge in [0, 0.05) is 6.54 Å². The van der Waals surface area contributed by atoms with Crippen LogP contribution in [0.1, 0.15) is 52.0 Å². The van der Waals surface area contributed by atoms with Gasteiger partial charge in [0.15, 0.2) is 0 Å². The van der Waals surface area contributed by atoms with Crippen molar-refractivity contribution in [2.75, 3.05) is 6.54 Å². The van der Waals surface area contributed by atoms with Crippen molar-refractivity contribution in [1.29, 1.82) is 0 Å². The van der Waals surface area contributed by atoms with Gasteiger partial charge in [0.2, 0.25) is 5.91 Å². The van der Waals surface area contributed by atoms with Gasteiger partial charge in [-0.05, 0) is 51.0 Å². The summed E-state index contributed by atoms with van der Waals surface area (Å²) in [5.41, 5.74) is 6.29. The first-order valence-corrected chi connectivity index (χ1v) is 7.98. The van der Waals surface area contributed by atoms with Crippen LogP contribution < -0.4 is 11.1 Å². The van der Waals surface area contributed by atoms with Crippen molar-refractivity contribution in [3.05, 3.63) is 35.9 Å². The molecule has 0 spiro atoms. The highest BCUT2D eigenvalue weighted by Crippen LogP contribution is 2.33. The molecule has 3 nitrogen and oxygen atoms in total. The van der Waals surface area contributed by atoms with E-state index in [0.717, 1.165) is 37.2 Å². The predicted octanol–water partition coefficient (Wildman–Crippen LogP) is 2.99. The molecule has 0 aromatic heterocycles. The molecule has 1 aromatic rings. The average Bonchev–Trinajstić information content (AvgIpc) is 2.50. The summed E-state index contributed by atoms with van der Waals surface area (Å²) < 4.78 is 0. The van der Waals surface area contributed by atoms with Gasteiger partial charge in [-0.25, -0.2) is 0 Å². The molecule has 0 bridgehead atoms. The summed E-state index contributed by atoms with van der Waals surface area (Å²) in [6.07, 6.45) is 4.26. The second kappa shape index (κ2) is 6.18. The molecular formula is C18H28N2O. The lowest BCUT2D eigenvalue weighted by Gasteiger charge is -2.41. The van der Waals surface area contributed by atoms with Gasteiger partial charge >= 0.3 is 0 Å². The second-order valence-electron chi connectivity index (χ2n) is 7.11. The van der Waals surface area contributed by atoms with E-state index in [1.165, 1.54) is 0 Å². The fourth-order valence-electron chi connectivity index (χ4n) is 3.08. The Bertz CT molecular complexity index is 473.